The van der Waals surface area contributed by atoms with Crippen LogP contribution in [0, 0.1) is 0 Å². The molecule has 0 N–H and O–H groups in total. The number of nitrogens with zero attached hydrogens (tertiary/aromatic N) is 3. The molecule has 1 aliphatic heterocycles. The highest BCUT2D eigenvalue weighted by atomic mass is 35.5. The molecule has 104 valence electrons. The fourth-order valence-electron chi connectivity index (χ4n) is 3.07. The van der Waals surface area contributed by atoms with Gasteiger partial charge >= 0.3 is 0 Å². The summed E-state index contributed by atoms with van der Waals surface area (Å²) >= 11 is 6.12. The van der Waals surface area contributed by atoms with Crippen molar-refractivity contribution in [1.82, 2.24) is 9.97 Å². The van der Waals surface area contributed by atoms with Crippen LogP contribution in [0.2, 0.25) is 5.28 Å². The van der Waals surface area contributed by atoms with Crippen LogP contribution in [0.1, 0.15) is 44.2 Å². The van der Waals surface area contributed by atoms with E-state index in [-0.39, 0.29) is 0 Å². The largest absolute Gasteiger partial charge is 0.377 e. The highest BCUT2D eigenvalue weighted by molar-refractivity contribution is 6.28. The Morgan fingerprint density at radius 2 is 2.11 bits per heavy atom. The van der Waals surface area contributed by atoms with Crippen LogP contribution < -0.4 is 4.90 Å². The molecule has 2 fully saturated rings. The molecular formula is C14H20ClN3O. The summed E-state index contributed by atoms with van der Waals surface area (Å²) in [5, 5.41) is 0.373. The van der Waals surface area contributed by atoms with Gasteiger partial charge in [-0.3, -0.25) is 0 Å². The first-order valence-corrected chi connectivity index (χ1v) is 7.50. The minimum absolute atomic E-state index is 0.344. The average molecular weight is 282 g/mol. The van der Waals surface area contributed by atoms with Gasteiger partial charge < -0.3 is 9.64 Å². The molecule has 2 heterocycles. The van der Waals surface area contributed by atoms with Crippen LogP contribution in [-0.4, -0.2) is 35.8 Å². The van der Waals surface area contributed by atoms with E-state index in [9.17, 15) is 0 Å². The predicted octanol–water partition coefficient (Wildman–Crippen LogP) is 3.01. The molecule has 1 aromatic rings. The molecule has 0 amide bonds. The second kappa shape index (κ2) is 5.63. The predicted molar refractivity (Wildman–Crippen MR) is 75.9 cm³/mol. The van der Waals surface area contributed by atoms with E-state index >= 15 is 0 Å². The maximum Gasteiger partial charge on any atom is 0.224 e. The lowest BCUT2D eigenvalue weighted by atomic mass is 10.0. The first-order chi connectivity index (χ1) is 9.24. The third-order valence-corrected chi connectivity index (χ3v) is 4.31. The van der Waals surface area contributed by atoms with Gasteiger partial charge in [0.15, 0.2) is 0 Å². The van der Waals surface area contributed by atoms with Crippen molar-refractivity contribution in [3.63, 3.8) is 0 Å². The smallest absolute Gasteiger partial charge is 0.224 e. The standard InChI is InChI=1S/C14H20ClN3O/c1-10-9-19-7-6-18(10)13-8-12(16-14(15)17-13)11-4-2-3-5-11/h8,10-11H,2-7,9H2,1H3/t10-/m1/s1. The van der Waals surface area contributed by atoms with Crippen molar-refractivity contribution < 1.29 is 4.74 Å². The summed E-state index contributed by atoms with van der Waals surface area (Å²) in [4.78, 5) is 11.1. The number of morpholine rings is 1. The lowest BCUT2D eigenvalue weighted by molar-refractivity contribution is 0.0985. The average Bonchev–Trinajstić information content (AvgIpc) is 2.92. The second-order valence-electron chi connectivity index (χ2n) is 5.52. The Kier molecular flexibility index (Phi) is 3.89. The van der Waals surface area contributed by atoms with Crippen LogP contribution in [0.5, 0.6) is 0 Å². The molecule has 0 bridgehead atoms. The van der Waals surface area contributed by atoms with E-state index in [1.165, 1.54) is 25.7 Å². The molecule has 4 nitrogen and oxygen atoms in total. The van der Waals surface area contributed by atoms with E-state index in [4.69, 9.17) is 16.3 Å². The molecule has 1 saturated carbocycles. The van der Waals surface area contributed by atoms with Gasteiger partial charge in [0.2, 0.25) is 5.28 Å². The van der Waals surface area contributed by atoms with Gasteiger partial charge in [0.1, 0.15) is 5.82 Å². The highest BCUT2D eigenvalue weighted by Gasteiger charge is 2.24. The lowest BCUT2D eigenvalue weighted by Crippen LogP contribution is -2.44. The lowest BCUT2D eigenvalue weighted by Gasteiger charge is -2.34. The zero-order valence-corrected chi connectivity index (χ0v) is 12.1. The fourth-order valence-corrected chi connectivity index (χ4v) is 3.25. The molecule has 1 aromatic heterocycles. The summed E-state index contributed by atoms with van der Waals surface area (Å²) in [6.07, 6.45) is 5.06. The van der Waals surface area contributed by atoms with Crippen LogP contribution >= 0.6 is 11.6 Å². The van der Waals surface area contributed by atoms with E-state index in [0.717, 1.165) is 31.3 Å². The van der Waals surface area contributed by atoms with Gasteiger partial charge in [0, 0.05) is 18.5 Å². The summed E-state index contributed by atoms with van der Waals surface area (Å²) in [5.74, 6) is 1.52. The van der Waals surface area contributed by atoms with Gasteiger partial charge in [0.25, 0.3) is 0 Å². The maximum absolute atomic E-state index is 6.12. The van der Waals surface area contributed by atoms with Crippen LogP contribution in [0.25, 0.3) is 0 Å². The Balaban J connectivity index is 1.88. The number of halogens is 1. The van der Waals surface area contributed by atoms with Crippen LogP contribution in [-0.2, 0) is 4.74 Å². The molecule has 1 atom stereocenters. The maximum atomic E-state index is 6.12. The summed E-state index contributed by atoms with van der Waals surface area (Å²) in [5.41, 5.74) is 1.12. The molecule has 0 aromatic carbocycles. The Morgan fingerprint density at radius 3 is 2.84 bits per heavy atom. The molecular weight excluding hydrogens is 262 g/mol. The molecule has 0 radical (unpaired) electrons. The quantitative estimate of drug-likeness (QED) is 0.781. The molecule has 3 rings (SSSR count). The highest BCUT2D eigenvalue weighted by Crippen LogP contribution is 2.34. The van der Waals surface area contributed by atoms with Gasteiger partial charge in [-0.1, -0.05) is 12.8 Å². The molecule has 1 saturated heterocycles. The molecule has 5 heteroatoms. The normalized spacial score (nSPS) is 24.9. The first-order valence-electron chi connectivity index (χ1n) is 7.13. The van der Waals surface area contributed by atoms with Crippen molar-refractivity contribution >= 4 is 17.4 Å². The van der Waals surface area contributed by atoms with Gasteiger partial charge in [-0.25, -0.2) is 9.97 Å². The van der Waals surface area contributed by atoms with Crippen LogP contribution in [0.3, 0.4) is 0 Å². The second-order valence-corrected chi connectivity index (χ2v) is 5.86. The topological polar surface area (TPSA) is 38.2 Å². The number of aromatic nitrogens is 2. The van der Waals surface area contributed by atoms with E-state index < -0.39 is 0 Å². The fraction of sp³-hybridized carbons (Fsp3) is 0.714. The first kappa shape index (κ1) is 13.1. The number of hydrogen-bond donors (Lipinski definition) is 0. The Morgan fingerprint density at radius 1 is 1.32 bits per heavy atom. The number of hydrogen-bond acceptors (Lipinski definition) is 4. The van der Waals surface area contributed by atoms with Crippen LogP contribution in [0.4, 0.5) is 5.82 Å². The van der Waals surface area contributed by atoms with Gasteiger partial charge in [-0.15, -0.1) is 0 Å². The van der Waals surface area contributed by atoms with E-state index in [1.807, 2.05) is 0 Å². The summed E-state index contributed by atoms with van der Waals surface area (Å²) in [6.45, 7) is 4.54. The number of rotatable bonds is 2. The van der Waals surface area contributed by atoms with Gasteiger partial charge in [-0.05, 0) is 31.4 Å². The molecule has 2 aliphatic rings. The van der Waals surface area contributed by atoms with E-state index in [2.05, 4.69) is 27.9 Å². The molecule has 0 spiro atoms. The molecule has 1 aliphatic carbocycles. The zero-order valence-electron chi connectivity index (χ0n) is 11.3. The Hall–Kier alpha value is -0.870. The van der Waals surface area contributed by atoms with Crippen molar-refractivity contribution in [3.8, 4) is 0 Å². The monoisotopic (exact) mass is 281 g/mol. The zero-order chi connectivity index (χ0) is 13.2. The Labute approximate surface area is 119 Å². The molecule has 19 heavy (non-hydrogen) atoms. The third-order valence-electron chi connectivity index (χ3n) is 4.14. The Bertz CT molecular complexity index is 448. The summed E-state index contributed by atoms with van der Waals surface area (Å²) in [6, 6.07) is 2.47. The van der Waals surface area contributed by atoms with Crippen molar-refractivity contribution in [2.75, 3.05) is 24.7 Å². The van der Waals surface area contributed by atoms with Crippen molar-refractivity contribution in [1.29, 1.82) is 0 Å². The van der Waals surface area contributed by atoms with E-state index in [0.29, 0.717) is 17.2 Å². The van der Waals surface area contributed by atoms with Gasteiger partial charge in [0.05, 0.1) is 24.9 Å². The molecule has 0 unspecified atom stereocenters. The van der Waals surface area contributed by atoms with Crippen molar-refractivity contribution in [2.24, 2.45) is 0 Å². The van der Waals surface area contributed by atoms with Crippen LogP contribution in [0.15, 0.2) is 6.07 Å². The minimum Gasteiger partial charge on any atom is -0.377 e. The van der Waals surface area contributed by atoms with Gasteiger partial charge in [-0.2, -0.15) is 0 Å². The summed E-state index contributed by atoms with van der Waals surface area (Å²) < 4.78 is 5.48. The summed E-state index contributed by atoms with van der Waals surface area (Å²) in [7, 11) is 0. The van der Waals surface area contributed by atoms with Crippen molar-refractivity contribution in [3.05, 3.63) is 17.0 Å². The SMILES string of the molecule is C[C@@H]1COCCN1c1cc(C2CCCC2)nc(Cl)n1. The van der Waals surface area contributed by atoms with Crippen molar-refractivity contribution in [2.45, 2.75) is 44.6 Å². The number of ether oxygens (including phenoxy) is 1. The number of anilines is 1. The minimum atomic E-state index is 0.344. The van der Waals surface area contributed by atoms with E-state index in [1.54, 1.807) is 0 Å². The third kappa shape index (κ3) is 2.84.